The second-order valence-electron chi connectivity index (χ2n) is 8.79. The lowest BCUT2D eigenvalue weighted by Crippen LogP contribution is -2.69. The lowest BCUT2D eigenvalue weighted by atomic mass is 9.54. The lowest BCUT2D eigenvalue weighted by molar-refractivity contribution is -0.125. The van der Waals surface area contributed by atoms with Gasteiger partial charge in [-0.05, 0) is 44.4 Å². The average molecular weight is 507 g/mol. The number of rotatable bonds is 7. The van der Waals surface area contributed by atoms with E-state index in [1.807, 2.05) is 7.05 Å². The summed E-state index contributed by atoms with van der Waals surface area (Å²) in [5.41, 5.74) is 0.367. The van der Waals surface area contributed by atoms with Crippen LogP contribution in [0.15, 0.2) is 4.99 Å². The monoisotopic (exact) mass is 507 g/mol. The van der Waals surface area contributed by atoms with Gasteiger partial charge in [-0.2, -0.15) is 0 Å². The number of nitrogens with zero attached hydrogens (tertiary/aromatic N) is 1. The average Bonchev–Trinajstić information content (AvgIpc) is 3.36. The molecule has 162 valence electrons. The van der Waals surface area contributed by atoms with Crippen LogP contribution in [-0.4, -0.2) is 64.7 Å². The molecule has 2 aliphatic carbocycles. The van der Waals surface area contributed by atoms with E-state index in [1.165, 1.54) is 32.1 Å². The van der Waals surface area contributed by atoms with E-state index >= 15 is 0 Å². The molecule has 3 unspecified atom stereocenters. The molecule has 7 heteroatoms. The maximum atomic E-state index is 6.09. The van der Waals surface area contributed by atoms with Crippen LogP contribution in [-0.2, 0) is 14.2 Å². The lowest BCUT2D eigenvalue weighted by Gasteiger charge is -2.57. The van der Waals surface area contributed by atoms with Gasteiger partial charge in [0.15, 0.2) is 5.96 Å². The zero-order valence-electron chi connectivity index (χ0n) is 17.3. The first-order valence-electron chi connectivity index (χ1n) is 11.1. The maximum absolute atomic E-state index is 6.09. The molecule has 4 fully saturated rings. The summed E-state index contributed by atoms with van der Waals surface area (Å²) in [7, 11) is 1.87. The van der Waals surface area contributed by atoms with Crippen LogP contribution >= 0.6 is 24.0 Å². The van der Waals surface area contributed by atoms with Crippen molar-refractivity contribution in [1.82, 2.24) is 10.6 Å². The summed E-state index contributed by atoms with van der Waals surface area (Å²) < 4.78 is 17.3. The van der Waals surface area contributed by atoms with Gasteiger partial charge in [-0.3, -0.25) is 4.99 Å². The second kappa shape index (κ2) is 10.8. The van der Waals surface area contributed by atoms with Crippen LogP contribution in [0.25, 0.3) is 0 Å². The van der Waals surface area contributed by atoms with Crippen molar-refractivity contribution in [2.24, 2.45) is 22.2 Å². The fourth-order valence-corrected chi connectivity index (χ4v) is 5.79. The van der Waals surface area contributed by atoms with Gasteiger partial charge in [0.05, 0.1) is 6.10 Å². The summed E-state index contributed by atoms with van der Waals surface area (Å²) in [6.07, 6.45) is 10.3. The van der Waals surface area contributed by atoms with E-state index < -0.39 is 0 Å². The number of halogens is 1. The standard InChI is InChI=1S/C21H37N3O3.HI/c1-22-20(23-10-4-11-26-15-16-5-12-25-13-6-16)24-18-17-7-14-27-19(17)21(18)8-2-3-9-21;/h16-19H,2-15H2,1H3,(H2,22,23,24);1H. The van der Waals surface area contributed by atoms with Crippen molar-refractivity contribution in [3.63, 3.8) is 0 Å². The fourth-order valence-electron chi connectivity index (χ4n) is 5.79. The van der Waals surface area contributed by atoms with Gasteiger partial charge < -0.3 is 24.8 Å². The van der Waals surface area contributed by atoms with Gasteiger partial charge >= 0.3 is 0 Å². The van der Waals surface area contributed by atoms with Crippen molar-refractivity contribution in [3.05, 3.63) is 0 Å². The molecule has 6 nitrogen and oxygen atoms in total. The smallest absolute Gasteiger partial charge is 0.191 e. The van der Waals surface area contributed by atoms with Gasteiger partial charge in [0.25, 0.3) is 0 Å². The molecule has 4 aliphatic rings. The minimum atomic E-state index is 0. The van der Waals surface area contributed by atoms with Gasteiger partial charge in [0, 0.05) is 64.0 Å². The molecule has 2 saturated heterocycles. The predicted octanol–water partition coefficient (Wildman–Crippen LogP) is 2.95. The molecule has 2 heterocycles. The van der Waals surface area contributed by atoms with Crippen LogP contribution in [0.2, 0.25) is 0 Å². The first-order valence-corrected chi connectivity index (χ1v) is 11.1. The first kappa shape index (κ1) is 22.6. The molecule has 4 rings (SSSR count). The van der Waals surface area contributed by atoms with Gasteiger partial charge in [0.2, 0.25) is 0 Å². The number of hydrogen-bond donors (Lipinski definition) is 2. The van der Waals surface area contributed by atoms with Crippen LogP contribution in [0.1, 0.15) is 51.4 Å². The SMILES string of the molecule is CN=C(NCCCOCC1CCOCC1)NC1C2CCOC2C12CCCC2.I. The second-order valence-corrected chi connectivity index (χ2v) is 8.79. The van der Waals surface area contributed by atoms with E-state index in [0.29, 0.717) is 29.4 Å². The molecule has 2 N–H and O–H groups in total. The largest absolute Gasteiger partial charge is 0.381 e. The van der Waals surface area contributed by atoms with Gasteiger partial charge in [-0.25, -0.2) is 0 Å². The van der Waals surface area contributed by atoms with E-state index in [2.05, 4.69) is 15.6 Å². The molecular weight excluding hydrogens is 469 g/mol. The highest BCUT2D eigenvalue weighted by molar-refractivity contribution is 14.0. The number of fused-ring (bicyclic) bond motifs is 2. The van der Waals surface area contributed by atoms with Gasteiger partial charge in [-0.15, -0.1) is 24.0 Å². The Kier molecular flexibility index (Phi) is 8.68. The van der Waals surface area contributed by atoms with E-state index in [4.69, 9.17) is 14.2 Å². The summed E-state index contributed by atoms with van der Waals surface area (Å²) in [5, 5.41) is 7.25. The first-order chi connectivity index (χ1) is 13.3. The minimum absolute atomic E-state index is 0. The summed E-state index contributed by atoms with van der Waals surface area (Å²) >= 11 is 0. The number of nitrogens with one attached hydrogen (secondary N) is 2. The molecule has 0 amide bonds. The van der Waals surface area contributed by atoms with Crippen molar-refractivity contribution >= 4 is 29.9 Å². The third kappa shape index (κ3) is 4.78. The zero-order chi connectivity index (χ0) is 18.5. The Bertz CT molecular complexity index is 507. The Morgan fingerprint density at radius 2 is 1.93 bits per heavy atom. The van der Waals surface area contributed by atoms with Crippen LogP contribution in [0.5, 0.6) is 0 Å². The number of hydrogen-bond acceptors (Lipinski definition) is 4. The molecule has 3 atom stereocenters. The highest BCUT2D eigenvalue weighted by atomic mass is 127. The van der Waals surface area contributed by atoms with Crippen molar-refractivity contribution in [3.8, 4) is 0 Å². The molecule has 2 saturated carbocycles. The van der Waals surface area contributed by atoms with Crippen molar-refractivity contribution in [2.45, 2.75) is 63.5 Å². The van der Waals surface area contributed by atoms with Crippen LogP contribution in [0.4, 0.5) is 0 Å². The maximum Gasteiger partial charge on any atom is 0.191 e. The molecule has 2 aliphatic heterocycles. The molecular formula is C21H38IN3O3. The fraction of sp³-hybridized carbons (Fsp3) is 0.952. The third-order valence-electron chi connectivity index (χ3n) is 7.25. The van der Waals surface area contributed by atoms with E-state index in [-0.39, 0.29) is 24.0 Å². The molecule has 28 heavy (non-hydrogen) atoms. The molecule has 0 aromatic rings. The summed E-state index contributed by atoms with van der Waals surface area (Å²) in [5.74, 6) is 2.30. The number of aliphatic imine (C=N–C) groups is 1. The predicted molar refractivity (Wildman–Crippen MR) is 121 cm³/mol. The van der Waals surface area contributed by atoms with E-state index in [0.717, 1.165) is 64.8 Å². The van der Waals surface area contributed by atoms with Gasteiger partial charge in [-0.1, -0.05) is 12.8 Å². The number of guanidine groups is 1. The van der Waals surface area contributed by atoms with Gasteiger partial charge in [0.1, 0.15) is 0 Å². The minimum Gasteiger partial charge on any atom is -0.381 e. The Labute approximate surface area is 186 Å². The number of ether oxygens (including phenoxy) is 3. The third-order valence-corrected chi connectivity index (χ3v) is 7.25. The molecule has 0 bridgehead atoms. The molecule has 0 aromatic carbocycles. The van der Waals surface area contributed by atoms with Crippen molar-refractivity contribution in [1.29, 1.82) is 0 Å². The highest BCUT2D eigenvalue weighted by Gasteiger charge is 2.65. The Balaban J connectivity index is 0.00000225. The van der Waals surface area contributed by atoms with Crippen LogP contribution in [0.3, 0.4) is 0 Å². The Hall–Kier alpha value is -0.120. The topological polar surface area (TPSA) is 64.1 Å². The summed E-state index contributed by atoms with van der Waals surface area (Å²) in [4.78, 5) is 4.47. The zero-order valence-corrected chi connectivity index (χ0v) is 19.6. The molecule has 1 spiro atoms. The Morgan fingerprint density at radius 1 is 1.14 bits per heavy atom. The highest BCUT2D eigenvalue weighted by Crippen LogP contribution is 2.60. The van der Waals surface area contributed by atoms with Crippen LogP contribution in [0, 0.1) is 17.3 Å². The van der Waals surface area contributed by atoms with Crippen LogP contribution < -0.4 is 10.6 Å². The van der Waals surface area contributed by atoms with E-state index in [1.54, 1.807) is 0 Å². The van der Waals surface area contributed by atoms with E-state index in [9.17, 15) is 0 Å². The Morgan fingerprint density at radius 3 is 2.68 bits per heavy atom. The van der Waals surface area contributed by atoms with Crippen molar-refractivity contribution in [2.75, 3.05) is 46.6 Å². The summed E-state index contributed by atoms with van der Waals surface area (Å²) in [6.45, 7) is 5.32. The molecule has 0 aromatic heterocycles. The molecule has 0 radical (unpaired) electrons. The normalized spacial score (nSPS) is 31.9. The quantitative estimate of drug-likeness (QED) is 0.240. The van der Waals surface area contributed by atoms with Crippen molar-refractivity contribution < 1.29 is 14.2 Å². The summed E-state index contributed by atoms with van der Waals surface area (Å²) in [6, 6.07) is 0.531.